The van der Waals surface area contributed by atoms with Gasteiger partial charge in [0.25, 0.3) is 0 Å². The smallest absolute Gasteiger partial charge is 0.175 e. The van der Waals surface area contributed by atoms with Gasteiger partial charge in [0.15, 0.2) is 5.78 Å². The van der Waals surface area contributed by atoms with Crippen molar-refractivity contribution < 1.29 is 4.79 Å². The fourth-order valence-electron chi connectivity index (χ4n) is 2.71. The van der Waals surface area contributed by atoms with Gasteiger partial charge in [0.1, 0.15) is 0 Å². The largest absolute Gasteiger partial charge is 0.307 e. The van der Waals surface area contributed by atoms with Crippen LogP contribution in [0.4, 0.5) is 0 Å². The molecule has 1 fully saturated rings. The van der Waals surface area contributed by atoms with Crippen molar-refractivity contribution in [2.75, 3.05) is 6.54 Å². The fourth-order valence-corrected chi connectivity index (χ4v) is 2.71. The van der Waals surface area contributed by atoms with E-state index in [4.69, 9.17) is 0 Å². The lowest BCUT2D eigenvalue weighted by Gasteiger charge is -2.23. The Hall–Kier alpha value is -0.630. The second-order valence-corrected chi connectivity index (χ2v) is 5.05. The predicted molar refractivity (Wildman–Crippen MR) is 66.4 cm³/mol. The van der Waals surface area contributed by atoms with Gasteiger partial charge in [-0.05, 0) is 50.6 Å². The number of nitrogens with one attached hydrogen (secondary N) is 1. The number of hydrogen-bond donors (Lipinski definition) is 1. The molecule has 0 saturated carbocycles. The molecule has 1 aliphatic carbocycles. The van der Waals surface area contributed by atoms with Gasteiger partial charge in [-0.3, -0.25) is 4.79 Å². The molecule has 0 bridgehead atoms. The molecule has 1 unspecified atom stereocenters. The van der Waals surface area contributed by atoms with Crippen LogP contribution in [0.3, 0.4) is 0 Å². The Bertz CT molecular complexity index is 264. The molecule has 1 saturated heterocycles. The van der Waals surface area contributed by atoms with Crippen LogP contribution >= 0.6 is 0 Å². The predicted octanol–water partition coefficient (Wildman–Crippen LogP) is 2.98. The molecule has 2 aliphatic rings. The van der Waals surface area contributed by atoms with Gasteiger partial charge in [-0.2, -0.15) is 0 Å². The molecule has 16 heavy (non-hydrogen) atoms. The zero-order chi connectivity index (χ0) is 11.2. The molecule has 2 heteroatoms. The Morgan fingerprint density at radius 2 is 2.00 bits per heavy atom. The lowest BCUT2D eigenvalue weighted by atomic mass is 9.91. The van der Waals surface area contributed by atoms with Crippen LogP contribution in [0.25, 0.3) is 0 Å². The molecule has 2 rings (SSSR count). The summed E-state index contributed by atoms with van der Waals surface area (Å²) in [5.74, 6) is 0.390. The first kappa shape index (κ1) is 11.8. The van der Waals surface area contributed by atoms with Crippen LogP contribution in [0.5, 0.6) is 0 Å². The van der Waals surface area contributed by atoms with Crippen molar-refractivity contribution in [1.82, 2.24) is 5.32 Å². The van der Waals surface area contributed by atoms with E-state index in [9.17, 15) is 4.79 Å². The van der Waals surface area contributed by atoms with E-state index in [1.165, 1.54) is 38.5 Å². The minimum Gasteiger partial charge on any atom is -0.307 e. The maximum Gasteiger partial charge on any atom is 0.175 e. The molecule has 90 valence electrons. The molecule has 2 nitrogen and oxygen atoms in total. The van der Waals surface area contributed by atoms with Crippen LogP contribution in [-0.4, -0.2) is 18.4 Å². The molecule has 0 aromatic rings. The van der Waals surface area contributed by atoms with Crippen LogP contribution in [0, 0.1) is 0 Å². The zero-order valence-corrected chi connectivity index (χ0v) is 10.1. The molecule has 1 heterocycles. The lowest BCUT2D eigenvalue weighted by Crippen LogP contribution is -2.41. The molecule has 1 N–H and O–H groups in total. The quantitative estimate of drug-likeness (QED) is 0.776. The van der Waals surface area contributed by atoms with E-state index in [0.717, 1.165) is 31.4 Å². The number of rotatable bonds is 2. The summed E-state index contributed by atoms with van der Waals surface area (Å²) in [5.41, 5.74) is 1.11. The summed E-state index contributed by atoms with van der Waals surface area (Å²) in [7, 11) is 0. The van der Waals surface area contributed by atoms with Gasteiger partial charge in [0, 0.05) is 0 Å². The first-order valence-corrected chi connectivity index (χ1v) is 6.84. The Kier molecular flexibility index (Phi) is 4.58. The molecule has 0 spiro atoms. The van der Waals surface area contributed by atoms with E-state index in [2.05, 4.69) is 11.4 Å². The number of Topliss-reactive ketones (excluding diaryl/α,β-unsaturated/α-hetero) is 1. The van der Waals surface area contributed by atoms with Crippen molar-refractivity contribution >= 4 is 5.78 Å². The molecule has 0 amide bonds. The maximum absolute atomic E-state index is 12.3. The van der Waals surface area contributed by atoms with Crippen LogP contribution in [0.2, 0.25) is 0 Å². The van der Waals surface area contributed by atoms with Gasteiger partial charge >= 0.3 is 0 Å². The number of hydrogen-bond acceptors (Lipinski definition) is 2. The van der Waals surface area contributed by atoms with E-state index in [0.29, 0.717) is 5.78 Å². The van der Waals surface area contributed by atoms with Crippen LogP contribution in [-0.2, 0) is 4.79 Å². The Morgan fingerprint density at radius 1 is 1.12 bits per heavy atom. The van der Waals surface area contributed by atoms with Crippen molar-refractivity contribution in [3.8, 4) is 0 Å². The number of carbonyl (C=O) groups excluding carboxylic acids is 1. The number of allylic oxidation sites excluding steroid dienone is 1. The van der Waals surface area contributed by atoms with Gasteiger partial charge in [-0.25, -0.2) is 0 Å². The summed E-state index contributed by atoms with van der Waals surface area (Å²) in [6.45, 7) is 1.02. The average Bonchev–Trinajstić information content (AvgIpc) is 2.29. The Balaban J connectivity index is 1.95. The summed E-state index contributed by atoms with van der Waals surface area (Å²) in [6.07, 6.45) is 12.9. The number of carbonyl (C=O) groups is 1. The van der Waals surface area contributed by atoms with Crippen molar-refractivity contribution in [2.24, 2.45) is 0 Å². The first-order chi connectivity index (χ1) is 7.88. The molecule has 0 radical (unpaired) electrons. The summed E-state index contributed by atoms with van der Waals surface area (Å²) < 4.78 is 0. The Labute approximate surface area is 98.5 Å². The minimum atomic E-state index is 0.124. The van der Waals surface area contributed by atoms with E-state index >= 15 is 0 Å². The zero-order valence-electron chi connectivity index (χ0n) is 10.1. The van der Waals surface area contributed by atoms with Crippen LogP contribution in [0.15, 0.2) is 11.6 Å². The molecule has 0 aromatic heterocycles. The number of ketones is 1. The topological polar surface area (TPSA) is 29.1 Å². The minimum absolute atomic E-state index is 0.124. The highest BCUT2D eigenvalue weighted by molar-refractivity contribution is 5.99. The van der Waals surface area contributed by atoms with Gasteiger partial charge in [0.05, 0.1) is 6.04 Å². The average molecular weight is 221 g/mol. The number of piperidine rings is 1. The van der Waals surface area contributed by atoms with Gasteiger partial charge in [-0.15, -0.1) is 0 Å². The third-order valence-electron chi connectivity index (χ3n) is 3.73. The van der Waals surface area contributed by atoms with Gasteiger partial charge in [0.2, 0.25) is 0 Å². The summed E-state index contributed by atoms with van der Waals surface area (Å²) in [4.78, 5) is 12.3. The standard InChI is InChI=1S/C14H23NO/c16-14(13-10-6-7-11-15-13)12-8-4-2-1-3-5-9-12/h8,13,15H,1-7,9-11H2. The van der Waals surface area contributed by atoms with Gasteiger partial charge < -0.3 is 5.32 Å². The summed E-state index contributed by atoms with van der Waals surface area (Å²) in [5, 5.41) is 3.36. The van der Waals surface area contributed by atoms with E-state index < -0.39 is 0 Å². The Morgan fingerprint density at radius 3 is 2.81 bits per heavy atom. The van der Waals surface area contributed by atoms with Crippen LogP contribution in [0.1, 0.15) is 57.8 Å². The molecule has 1 atom stereocenters. The highest BCUT2D eigenvalue weighted by Gasteiger charge is 2.23. The maximum atomic E-state index is 12.3. The fraction of sp³-hybridized carbons (Fsp3) is 0.786. The highest BCUT2D eigenvalue weighted by Crippen LogP contribution is 2.20. The van der Waals surface area contributed by atoms with Gasteiger partial charge in [-0.1, -0.05) is 25.3 Å². The third kappa shape index (κ3) is 3.18. The SMILES string of the molecule is O=C(C1=CCCCCCC1)C1CCCCN1. The van der Waals surface area contributed by atoms with E-state index in [1.54, 1.807) is 0 Å². The molecular formula is C14H23NO. The molecular weight excluding hydrogens is 198 g/mol. The third-order valence-corrected chi connectivity index (χ3v) is 3.73. The van der Waals surface area contributed by atoms with Crippen molar-refractivity contribution in [3.05, 3.63) is 11.6 Å². The van der Waals surface area contributed by atoms with E-state index in [1.807, 2.05) is 0 Å². The monoisotopic (exact) mass is 221 g/mol. The van der Waals surface area contributed by atoms with E-state index in [-0.39, 0.29) is 6.04 Å². The first-order valence-electron chi connectivity index (χ1n) is 6.84. The van der Waals surface area contributed by atoms with Crippen molar-refractivity contribution in [1.29, 1.82) is 0 Å². The summed E-state index contributed by atoms with van der Waals surface area (Å²) >= 11 is 0. The lowest BCUT2D eigenvalue weighted by molar-refractivity contribution is -0.118. The van der Waals surface area contributed by atoms with Crippen LogP contribution < -0.4 is 5.32 Å². The summed E-state index contributed by atoms with van der Waals surface area (Å²) in [6, 6.07) is 0.124. The molecule has 0 aromatic carbocycles. The second kappa shape index (κ2) is 6.19. The second-order valence-electron chi connectivity index (χ2n) is 5.05. The van der Waals surface area contributed by atoms with Crippen molar-refractivity contribution in [2.45, 2.75) is 63.8 Å². The highest BCUT2D eigenvalue weighted by atomic mass is 16.1. The molecule has 1 aliphatic heterocycles. The van der Waals surface area contributed by atoms with Crippen molar-refractivity contribution in [3.63, 3.8) is 0 Å². The normalized spacial score (nSPS) is 27.8.